The summed E-state index contributed by atoms with van der Waals surface area (Å²) in [6, 6.07) is 3.64. The maximum Gasteiger partial charge on any atom is 0.343 e. The van der Waals surface area contributed by atoms with Crippen LogP contribution in [0.25, 0.3) is 0 Å². The topological polar surface area (TPSA) is 132 Å². The van der Waals surface area contributed by atoms with Crippen molar-refractivity contribution in [2.75, 3.05) is 6.79 Å². The molecule has 0 bridgehead atoms. The second-order valence-corrected chi connectivity index (χ2v) is 10.7. The van der Waals surface area contributed by atoms with Gasteiger partial charge in [0.15, 0.2) is 0 Å². The quantitative estimate of drug-likeness (QED) is 0.182. The Kier molecular flexibility index (Phi) is 7.38. The molecule has 1 fully saturated rings. The van der Waals surface area contributed by atoms with E-state index in [2.05, 4.69) is 10.1 Å². The Bertz CT molecular complexity index is 1020. The first-order valence-corrected chi connectivity index (χ1v) is 11.9. The van der Waals surface area contributed by atoms with Gasteiger partial charge in [-0.3, -0.25) is 24.0 Å². The van der Waals surface area contributed by atoms with Crippen LogP contribution >= 0.6 is 23.1 Å². The first kappa shape index (κ1) is 25.7. The average Bonchev–Trinajstić information content (AvgIpc) is 3.24. The maximum atomic E-state index is 13.1. The van der Waals surface area contributed by atoms with Crippen LogP contribution in [0.4, 0.5) is 0 Å². The van der Waals surface area contributed by atoms with E-state index in [1.807, 2.05) is 17.5 Å². The fraction of sp³-hybridized carbons (Fsp3) is 0.476. The molecule has 1 N–H and O–H groups in total. The van der Waals surface area contributed by atoms with E-state index in [-0.39, 0.29) is 11.5 Å². The summed E-state index contributed by atoms with van der Waals surface area (Å²) in [6.07, 6.45) is 1.58. The van der Waals surface area contributed by atoms with Gasteiger partial charge in [-0.15, -0.1) is 11.3 Å². The Morgan fingerprint density at radius 2 is 1.97 bits per heavy atom. The van der Waals surface area contributed by atoms with E-state index in [0.29, 0.717) is 6.41 Å². The van der Waals surface area contributed by atoms with Gasteiger partial charge in [-0.1, -0.05) is 17.8 Å². The molecular formula is C21H25N3O8S2. The number of ether oxygens (including phenoxy) is 2. The van der Waals surface area contributed by atoms with Crippen molar-refractivity contribution in [3.8, 4) is 0 Å². The number of thiophene rings is 1. The largest absolute Gasteiger partial charge is 0.428 e. The zero-order chi connectivity index (χ0) is 25.3. The number of amides is 3. The van der Waals surface area contributed by atoms with E-state index in [9.17, 15) is 24.0 Å². The summed E-state index contributed by atoms with van der Waals surface area (Å²) in [4.78, 5) is 67.7. The van der Waals surface area contributed by atoms with Gasteiger partial charge in [0, 0.05) is 24.9 Å². The molecule has 0 spiro atoms. The Hall–Kier alpha value is -2.90. The third-order valence-corrected chi connectivity index (χ3v) is 7.19. The van der Waals surface area contributed by atoms with Crippen LogP contribution in [0.3, 0.4) is 0 Å². The molecule has 1 aromatic heterocycles. The molecule has 1 saturated heterocycles. The number of hydroxylamine groups is 2. The Balaban J connectivity index is 2.09. The molecule has 0 aromatic carbocycles. The predicted octanol–water partition coefficient (Wildman–Crippen LogP) is 1.67. The standard InChI is InChI=1S/C21H25N3O8S2/c1-12(26)22-21(24(10-25)32-20(3,4)5)14(19(29)31-11-30-13(2)27)9-23-17(28)16(18(23)34-21)15-7-6-8-33-15/h6-10,16,18H,11H2,1-5H3,(H,22,26)/t16?,18-,21?/m1/s1. The zero-order valence-electron chi connectivity index (χ0n) is 19.2. The van der Waals surface area contributed by atoms with Crippen molar-refractivity contribution in [1.82, 2.24) is 15.3 Å². The number of rotatable bonds is 8. The molecule has 1 aromatic rings. The SMILES string of the molecule is CC(=O)NC1(N(C=O)OC(C)(C)C)S[C@@H]2C(c3cccs3)C(=O)N2C=C1C(=O)OCOC(C)=O. The van der Waals surface area contributed by atoms with Gasteiger partial charge in [-0.05, 0) is 32.2 Å². The molecule has 2 aliphatic heterocycles. The van der Waals surface area contributed by atoms with Gasteiger partial charge in [-0.2, -0.15) is 5.06 Å². The summed E-state index contributed by atoms with van der Waals surface area (Å²) < 4.78 is 9.72. The normalized spacial score (nSPS) is 23.7. The van der Waals surface area contributed by atoms with Crippen molar-refractivity contribution in [3.63, 3.8) is 0 Å². The molecule has 2 aliphatic rings. The summed E-state index contributed by atoms with van der Waals surface area (Å²) in [5.74, 6) is -3.05. The van der Waals surface area contributed by atoms with Crippen LogP contribution in [0, 0.1) is 0 Å². The molecule has 3 heterocycles. The summed E-state index contributed by atoms with van der Waals surface area (Å²) in [7, 11) is 0. The highest BCUT2D eigenvalue weighted by Crippen LogP contribution is 2.54. The molecule has 11 nitrogen and oxygen atoms in total. The van der Waals surface area contributed by atoms with Gasteiger partial charge >= 0.3 is 11.9 Å². The Labute approximate surface area is 204 Å². The van der Waals surface area contributed by atoms with Gasteiger partial charge in [-0.25, -0.2) is 4.79 Å². The van der Waals surface area contributed by atoms with Crippen molar-refractivity contribution >= 4 is 53.3 Å². The van der Waals surface area contributed by atoms with Crippen molar-refractivity contribution < 1.29 is 38.3 Å². The van der Waals surface area contributed by atoms with Gasteiger partial charge < -0.3 is 19.7 Å². The minimum absolute atomic E-state index is 0.254. The number of carbonyl (C=O) groups excluding carboxylic acids is 5. The molecule has 0 saturated carbocycles. The molecule has 3 atom stereocenters. The molecule has 184 valence electrons. The number of hydrogen-bond acceptors (Lipinski definition) is 10. The minimum atomic E-state index is -1.87. The number of β-lactam (4-membered cyclic amide) rings is 1. The van der Waals surface area contributed by atoms with Gasteiger partial charge in [0.25, 0.3) is 0 Å². The highest BCUT2D eigenvalue weighted by Gasteiger charge is 2.61. The van der Waals surface area contributed by atoms with Crippen LogP contribution in [-0.2, 0) is 38.3 Å². The average molecular weight is 512 g/mol. The van der Waals surface area contributed by atoms with Crippen LogP contribution in [0.5, 0.6) is 0 Å². The number of thioether (sulfide) groups is 1. The van der Waals surface area contributed by atoms with Gasteiger partial charge in [0.1, 0.15) is 16.9 Å². The number of nitrogens with one attached hydrogen (secondary N) is 1. The molecule has 0 aliphatic carbocycles. The fourth-order valence-corrected chi connectivity index (χ4v) is 6.01. The molecule has 0 radical (unpaired) electrons. The zero-order valence-corrected chi connectivity index (χ0v) is 20.9. The van der Waals surface area contributed by atoms with E-state index in [0.717, 1.165) is 28.6 Å². The van der Waals surface area contributed by atoms with Gasteiger partial charge in [0.2, 0.25) is 30.0 Å². The second-order valence-electron chi connectivity index (χ2n) is 8.44. The number of carbonyl (C=O) groups is 5. The number of fused-ring (bicyclic) bond motifs is 1. The third-order valence-electron chi connectivity index (χ3n) is 4.65. The van der Waals surface area contributed by atoms with Crippen LogP contribution in [0.15, 0.2) is 29.3 Å². The van der Waals surface area contributed by atoms with Crippen molar-refractivity contribution in [3.05, 3.63) is 34.2 Å². The Morgan fingerprint density at radius 1 is 1.26 bits per heavy atom. The van der Waals surface area contributed by atoms with E-state index in [1.165, 1.54) is 29.4 Å². The third kappa shape index (κ3) is 5.10. The fourth-order valence-electron chi connectivity index (χ4n) is 3.39. The van der Waals surface area contributed by atoms with Crippen molar-refractivity contribution in [2.45, 2.75) is 56.5 Å². The van der Waals surface area contributed by atoms with E-state index < -0.39 is 46.5 Å². The van der Waals surface area contributed by atoms with E-state index >= 15 is 0 Å². The van der Waals surface area contributed by atoms with E-state index in [4.69, 9.17) is 9.57 Å². The smallest absolute Gasteiger partial charge is 0.343 e. The highest BCUT2D eigenvalue weighted by molar-refractivity contribution is 8.01. The number of nitrogens with zero attached hydrogens (tertiary/aromatic N) is 2. The van der Waals surface area contributed by atoms with Crippen LogP contribution < -0.4 is 5.32 Å². The predicted molar refractivity (Wildman–Crippen MR) is 121 cm³/mol. The first-order valence-electron chi connectivity index (χ1n) is 10.2. The summed E-state index contributed by atoms with van der Waals surface area (Å²) in [5, 5.41) is 4.78. The first-order chi connectivity index (χ1) is 15.9. The van der Waals surface area contributed by atoms with Crippen LogP contribution in [-0.4, -0.2) is 62.9 Å². The van der Waals surface area contributed by atoms with Gasteiger partial charge in [0.05, 0.1) is 5.60 Å². The lowest BCUT2D eigenvalue weighted by atomic mass is 9.95. The monoisotopic (exact) mass is 511 g/mol. The molecule has 3 amide bonds. The second kappa shape index (κ2) is 9.76. The summed E-state index contributed by atoms with van der Waals surface area (Å²) >= 11 is 2.39. The molecule has 13 heteroatoms. The lowest BCUT2D eigenvalue weighted by Gasteiger charge is -2.54. The molecular weight excluding hydrogens is 486 g/mol. The summed E-state index contributed by atoms with van der Waals surface area (Å²) in [5.41, 5.74) is -1.15. The lowest BCUT2D eigenvalue weighted by molar-refractivity contribution is -0.238. The Morgan fingerprint density at radius 3 is 2.50 bits per heavy atom. The lowest BCUT2D eigenvalue weighted by Crippen LogP contribution is -2.68. The van der Waals surface area contributed by atoms with Crippen LogP contribution in [0.2, 0.25) is 0 Å². The van der Waals surface area contributed by atoms with E-state index in [1.54, 1.807) is 20.8 Å². The minimum Gasteiger partial charge on any atom is -0.428 e. The van der Waals surface area contributed by atoms with Crippen molar-refractivity contribution in [1.29, 1.82) is 0 Å². The molecule has 2 unspecified atom stereocenters. The van der Waals surface area contributed by atoms with Crippen molar-refractivity contribution in [2.24, 2.45) is 0 Å². The highest BCUT2D eigenvalue weighted by atomic mass is 32.2. The molecule has 34 heavy (non-hydrogen) atoms. The summed E-state index contributed by atoms with van der Waals surface area (Å²) in [6.45, 7) is 6.74. The van der Waals surface area contributed by atoms with Crippen LogP contribution in [0.1, 0.15) is 45.4 Å². The maximum absolute atomic E-state index is 13.1. The molecule has 3 rings (SSSR count). The number of hydrogen-bond donors (Lipinski definition) is 1. The number of esters is 2.